The van der Waals surface area contributed by atoms with Crippen LogP contribution in [0.1, 0.15) is 47.2 Å². The molecule has 0 bridgehead atoms. The third-order valence-electron chi connectivity index (χ3n) is 12.3. The van der Waals surface area contributed by atoms with E-state index in [0.29, 0.717) is 0 Å². The maximum Gasteiger partial charge on any atom is 0.0726 e. The fraction of sp³-hybridized carbons (Fsp3) is 0.0769. The van der Waals surface area contributed by atoms with Gasteiger partial charge < -0.3 is 4.90 Å². The van der Waals surface area contributed by atoms with Crippen LogP contribution in [0.5, 0.6) is 0 Å². The van der Waals surface area contributed by atoms with Crippen molar-refractivity contribution in [3.63, 3.8) is 0 Å². The average molecular weight is 676 g/mol. The third-order valence-corrected chi connectivity index (χ3v) is 12.3. The molecule has 1 nitrogen and oxygen atoms in total. The van der Waals surface area contributed by atoms with Gasteiger partial charge in [0.1, 0.15) is 0 Å². The number of anilines is 3. The Bertz CT molecular complexity index is 2690. The van der Waals surface area contributed by atoms with Gasteiger partial charge in [-0.2, -0.15) is 0 Å². The monoisotopic (exact) mass is 675 g/mol. The first kappa shape index (κ1) is 30.2. The summed E-state index contributed by atoms with van der Waals surface area (Å²) in [5, 5.41) is 0. The molecule has 0 atom stereocenters. The Hall–Kier alpha value is -6.44. The highest BCUT2D eigenvalue weighted by Crippen LogP contribution is 2.63. The van der Waals surface area contributed by atoms with Crippen LogP contribution in [0.3, 0.4) is 0 Å². The van der Waals surface area contributed by atoms with Crippen LogP contribution in [0.15, 0.2) is 188 Å². The van der Waals surface area contributed by atoms with Crippen molar-refractivity contribution < 1.29 is 0 Å². The van der Waals surface area contributed by atoms with Crippen molar-refractivity contribution in [1.29, 1.82) is 0 Å². The number of para-hydroxylation sites is 1. The van der Waals surface area contributed by atoms with E-state index < -0.39 is 5.41 Å². The standard InChI is InChI=1S/C52H37N/c1-51(2)48-31-35(34-15-5-3-6-16-34)25-28-42(48)43-29-26-37(32-49(43)51)53(36-17-7-4-8-18-36)38-27-30-44-41-21-11-14-24-47(41)52(50(44)33-38)45-22-12-9-19-39(45)40-20-10-13-23-46(40)52/h3-33H,1-2H3. The summed E-state index contributed by atoms with van der Waals surface area (Å²) in [7, 11) is 0. The van der Waals surface area contributed by atoms with Crippen molar-refractivity contribution in [1.82, 2.24) is 0 Å². The predicted molar refractivity (Wildman–Crippen MR) is 220 cm³/mol. The normalized spacial score (nSPS) is 14.5. The zero-order chi connectivity index (χ0) is 35.3. The fourth-order valence-electron chi connectivity index (χ4n) is 9.92. The van der Waals surface area contributed by atoms with E-state index >= 15 is 0 Å². The van der Waals surface area contributed by atoms with Crippen LogP contribution in [0.2, 0.25) is 0 Å². The highest BCUT2D eigenvalue weighted by Gasteiger charge is 2.51. The van der Waals surface area contributed by atoms with Crippen LogP contribution in [-0.4, -0.2) is 0 Å². The van der Waals surface area contributed by atoms with E-state index in [-0.39, 0.29) is 5.41 Å². The third kappa shape index (κ3) is 4.08. The molecular weight excluding hydrogens is 639 g/mol. The van der Waals surface area contributed by atoms with E-state index in [1.54, 1.807) is 0 Å². The number of hydrogen-bond acceptors (Lipinski definition) is 1. The second-order valence-corrected chi connectivity index (χ2v) is 15.3. The number of nitrogens with zero attached hydrogens (tertiary/aromatic N) is 1. The molecule has 0 N–H and O–H groups in total. The summed E-state index contributed by atoms with van der Waals surface area (Å²) in [5.74, 6) is 0. The molecule has 250 valence electrons. The van der Waals surface area contributed by atoms with Crippen LogP contribution >= 0.6 is 0 Å². The molecule has 0 heterocycles. The lowest BCUT2D eigenvalue weighted by atomic mass is 9.70. The second kappa shape index (κ2) is 11.0. The van der Waals surface area contributed by atoms with Crippen molar-refractivity contribution in [2.24, 2.45) is 0 Å². The fourth-order valence-corrected chi connectivity index (χ4v) is 9.92. The molecular formula is C52H37N. The van der Waals surface area contributed by atoms with Crippen LogP contribution < -0.4 is 4.90 Å². The summed E-state index contributed by atoms with van der Waals surface area (Å²) in [4.78, 5) is 2.46. The summed E-state index contributed by atoms with van der Waals surface area (Å²) >= 11 is 0. The van der Waals surface area contributed by atoms with Crippen molar-refractivity contribution in [2.75, 3.05) is 4.90 Å². The minimum atomic E-state index is -0.393. The van der Waals surface area contributed by atoms with Gasteiger partial charge in [-0.05, 0) is 120 Å². The van der Waals surface area contributed by atoms with Crippen molar-refractivity contribution in [3.8, 4) is 44.5 Å². The highest BCUT2D eigenvalue weighted by molar-refractivity contribution is 5.96. The van der Waals surface area contributed by atoms with Gasteiger partial charge in [-0.15, -0.1) is 0 Å². The summed E-state index contributed by atoms with van der Waals surface area (Å²) in [6, 6.07) is 70.1. The zero-order valence-electron chi connectivity index (χ0n) is 29.8. The summed E-state index contributed by atoms with van der Waals surface area (Å²) < 4.78 is 0. The first-order chi connectivity index (χ1) is 26.0. The molecule has 0 fully saturated rings. The van der Waals surface area contributed by atoms with Crippen LogP contribution in [0.4, 0.5) is 17.1 Å². The largest absolute Gasteiger partial charge is 0.310 e. The zero-order valence-corrected chi connectivity index (χ0v) is 29.8. The maximum atomic E-state index is 2.49. The van der Waals surface area contributed by atoms with E-state index in [4.69, 9.17) is 0 Å². The van der Waals surface area contributed by atoms with Gasteiger partial charge in [0.15, 0.2) is 0 Å². The van der Waals surface area contributed by atoms with Crippen molar-refractivity contribution >= 4 is 17.1 Å². The van der Waals surface area contributed by atoms with Gasteiger partial charge in [0.25, 0.3) is 0 Å². The van der Waals surface area contributed by atoms with Crippen molar-refractivity contribution in [3.05, 3.63) is 221 Å². The number of hydrogen-bond donors (Lipinski definition) is 0. The molecule has 0 amide bonds. The molecule has 53 heavy (non-hydrogen) atoms. The maximum absolute atomic E-state index is 2.49. The molecule has 0 aromatic heterocycles. The minimum Gasteiger partial charge on any atom is -0.310 e. The predicted octanol–water partition coefficient (Wildman–Crippen LogP) is 13.5. The molecule has 8 aromatic carbocycles. The van der Waals surface area contributed by atoms with E-state index in [2.05, 4.69) is 207 Å². The molecule has 1 heteroatoms. The Balaban J connectivity index is 1.11. The van der Waals surface area contributed by atoms with Crippen LogP contribution in [0, 0.1) is 0 Å². The number of benzene rings is 8. The summed E-state index contributed by atoms with van der Waals surface area (Å²) in [5.41, 5.74) is 21.5. The Morgan fingerprint density at radius 3 is 1.28 bits per heavy atom. The molecule has 8 aromatic rings. The van der Waals surface area contributed by atoms with Gasteiger partial charge in [0.05, 0.1) is 5.41 Å². The van der Waals surface area contributed by atoms with E-state index in [9.17, 15) is 0 Å². The first-order valence-electron chi connectivity index (χ1n) is 18.7. The topological polar surface area (TPSA) is 3.24 Å². The quantitative estimate of drug-likeness (QED) is 0.179. The molecule has 1 spiro atoms. The lowest BCUT2D eigenvalue weighted by Crippen LogP contribution is -2.26. The average Bonchev–Trinajstić information content (AvgIpc) is 3.77. The van der Waals surface area contributed by atoms with Gasteiger partial charge in [-0.1, -0.05) is 159 Å². The number of rotatable bonds is 4. The molecule has 0 saturated carbocycles. The van der Waals surface area contributed by atoms with Crippen LogP contribution in [0.25, 0.3) is 44.5 Å². The SMILES string of the molecule is CC1(C)c2cc(-c3ccccc3)ccc2-c2ccc(N(c3ccccc3)c3ccc4c(c3)C3(c5ccccc5-c5ccccc53)c3ccccc3-4)cc21. The molecule has 0 saturated heterocycles. The molecule has 0 unspecified atom stereocenters. The first-order valence-corrected chi connectivity index (χ1v) is 18.7. The van der Waals surface area contributed by atoms with Gasteiger partial charge in [-0.3, -0.25) is 0 Å². The Morgan fingerprint density at radius 1 is 0.302 bits per heavy atom. The second-order valence-electron chi connectivity index (χ2n) is 15.3. The lowest BCUT2D eigenvalue weighted by Gasteiger charge is -2.32. The van der Waals surface area contributed by atoms with Crippen LogP contribution in [-0.2, 0) is 10.8 Å². The lowest BCUT2D eigenvalue weighted by molar-refractivity contribution is 0.660. The van der Waals surface area contributed by atoms with Gasteiger partial charge in [0, 0.05) is 22.5 Å². The smallest absolute Gasteiger partial charge is 0.0726 e. The van der Waals surface area contributed by atoms with Gasteiger partial charge in [0.2, 0.25) is 0 Å². The van der Waals surface area contributed by atoms with Gasteiger partial charge in [-0.25, -0.2) is 0 Å². The molecule has 0 aliphatic heterocycles. The summed E-state index contributed by atoms with van der Waals surface area (Å²) in [6.07, 6.45) is 0. The Morgan fingerprint density at radius 2 is 0.717 bits per heavy atom. The van der Waals surface area contributed by atoms with E-state index in [1.807, 2.05) is 0 Å². The number of fused-ring (bicyclic) bond motifs is 13. The Labute approximate surface area is 311 Å². The minimum absolute atomic E-state index is 0.158. The van der Waals surface area contributed by atoms with E-state index in [0.717, 1.165) is 17.1 Å². The van der Waals surface area contributed by atoms with E-state index in [1.165, 1.54) is 77.9 Å². The molecule has 3 aliphatic rings. The van der Waals surface area contributed by atoms with Gasteiger partial charge >= 0.3 is 0 Å². The highest BCUT2D eigenvalue weighted by atomic mass is 15.1. The molecule has 11 rings (SSSR count). The molecule has 0 radical (unpaired) electrons. The summed E-state index contributed by atoms with van der Waals surface area (Å²) in [6.45, 7) is 4.77. The molecule has 3 aliphatic carbocycles. The van der Waals surface area contributed by atoms with Crippen molar-refractivity contribution in [2.45, 2.75) is 24.7 Å². The Kier molecular flexibility index (Phi) is 6.29.